The average Bonchev–Trinajstić information content (AvgIpc) is 2.69. The molecule has 0 bridgehead atoms. The number of hydrogen-bond acceptors (Lipinski definition) is 4. The van der Waals surface area contributed by atoms with E-state index in [1.165, 1.54) is 0 Å². The summed E-state index contributed by atoms with van der Waals surface area (Å²) in [6, 6.07) is 12.1. The largest absolute Gasteiger partial charge is 0.494 e. The minimum absolute atomic E-state index is 0.153. The Bertz CT molecular complexity index is 727. The lowest BCUT2D eigenvalue weighted by Crippen LogP contribution is -2.46. The van der Waals surface area contributed by atoms with Crippen LogP contribution in [0.4, 0.5) is 0 Å². The molecule has 2 aromatic rings. The smallest absolute Gasteiger partial charge is 0.227 e. The van der Waals surface area contributed by atoms with E-state index >= 15 is 0 Å². The summed E-state index contributed by atoms with van der Waals surface area (Å²) in [6.45, 7) is 5.22. The maximum absolute atomic E-state index is 13.3. The maximum Gasteiger partial charge on any atom is 0.227 e. The molecule has 0 spiro atoms. The SMILES string of the molecule is CCOc1ccccc1CC(=O)N(Cc1cccnc1)C1CCN(C)CC1. The van der Waals surface area contributed by atoms with Crippen LogP contribution in [0.2, 0.25) is 0 Å². The number of nitrogens with zero attached hydrogens (tertiary/aromatic N) is 3. The number of carbonyl (C=O) groups is 1. The number of aromatic nitrogens is 1. The molecule has 2 heterocycles. The van der Waals surface area contributed by atoms with E-state index in [9.17, 15) is 4.79 Å². The monoisotopic (exact) mass is 367 g/mol. The van der Waals surface area contributed by atoms with E-state index in [4.69, 9.17) is 4.74 Å². The Morgan fingerprint density at radius 1 is 1.22 bits per heavy atom. The second kappa shape index (κ2) is 9.51. The summed E-state index contributed by atoms with van der Waals surface area (Å²) in [7, 11) is 2.14. The van der Waals surface area contributed by atoms with E-state index in [1.807, 2.05) is 54.4 Å². The van der Waals surface area contributed by atoms with E-state index < -0.39 is 0 Å². The van der Waals surface area contributed by atoms with Crippen LogP contribution in [0.5, 0.6) is 5.75 Å². The first-order chi connectivity index (χ1) is 13.2. The molecule has 1 aromatic carbocycles. The topological polar surface area (TPSA) is 45.7 Å². The summed E-state index contributed by atoms with van der Waals surface area (Å²) in [4.78, 5) is 21.9. The van der Waals surface area contributed by atoms with E-state index in [-0.39, 0.29) is 11.9 Å². The van der Waals surface area contributed by atoms with Gasteiger partial charge in [0.25, 0.3) is 0 Å². The Balaban J connectivity index is 1.78. The maximum atomic E-state index is 13.3. The zero-order valence-electron chi connectivity index (χ0n) is 16.3. The van der Waals surface area contributed by atoms with Gasteiger partial charge in [0.15, 0.2) is 0 Å². The van der Waals surface area contributed by atoms with Crippen LogP contribution in [0.15, 0.2) is 48.8 Å². The van der Waals surface area contributed by atoms with Crippen molar-refractivity contribution in [2.45, 2.75) is 38.8 Å². The molecule has 0 radical (unpaired) electrons. The van der Waals surface area contributed by atoms with Gasteiger partial charge in [0.2, 0.25) is 5.91 Å². The molecule has 5 nitrogen and oxygen atoms in total. The van der Waals surface area contributed by atoms with Gasteiger partial charge in [-0.25, -0.2) is 0 Å². The van der Waals surface area contributed by atoms with Gasteiger partial charge in [-0.1, -0.05) is 24.3 Å². The van der Waals surface area contributed by atoms with Crippen molar-refractivity contribution < 1.29 is 9.53 Å². The van der Waals surface area contributed by atoms with E-state index in [1.54, 1.807) is 6.20 Å². The number of rotatable bonds is 7. The summed E-state index contributed by atoms with van der Waals surface area (Å²) < 4.78 is 5.71. The van der Waals surface area contributed by atoms with Gasteiger partial charge in [0, 0.05) is 30.5 Å². The molecule has 1 fully saturated rings. The third-order valence-corrected chi connectivity index (χ3v) is 5.14. The molecule has 0 unspecified atom stereocenters. The zero-order valence-corrected chi connectivity index (χ0v) is 16.3. The van der Waals surface area contributed by atoms with E-state index in [0.29, 0.717) is 19.6 Å². The number of carbonyl (C=O) groups excluding carboxylic acids is 1. The van der Waals surface area contributed by atoms with Crippen molar-refractivity contribution >= 4 is 5.91 Å². The zero-order chi connectivity index (χ0) is 19.1. The molecule has 3 rings (SSSR count). The molecule has 0 aliphatic carbocycles. The van der Waals surface area contributed by atoms with Crippen LogP contribution in [0.1, 0.15) is 30.9 Å². The van der Waals surface area contributed by atoms with Gasteiger partial charge in [0.1, 0.15) is 5.75 Å². The van der Waals surface area contributed by atoms with Crippen LogP contribution in [-0.2, 0) is 17.8 Å². The molecule has 1 amide bonds. The highest BCUT2D eigenvalue weighted by atomic mass is 16.5. The van der Waals surface area contributed by atoms with Crippen LogP contribution >= 0.6 is 0 Å². The van der Waals surface area contributed by atoms with Gasteiger partial charge in [-0.2, -0.15) is 0 Å². The van der Waals surface area contributed by atoms with Crippen LogP contribution < -0.4 is 4.74 Å². The average molecular weight is 367 g/mol. The molecular formula is C22H29N3O2. The number of likely N-dealkylation sites (tertiary alicyclic amines) is 1. The summed E-state index contributed by atoms with van der Waals surface area (Å²) >= 11 is 0. The van der Waals surface area contributed by atoms with Crippen molar-refractivity contribution in [3.8, 4) is 5.75 Å². The van der Waals surface area contributed by atoms with Crippen LogP contribution in [-0.4, -0.2) is 53.5 Å². The number of hydrogen-bond donors (Lipinski definition) is 0. The van der Waals surface area contributed by atoms with Gasteiger partial charge in [0.05, 0.1) is 13.0 Å². The van der Waals surface area contributed by atoms with Crippen molar-refractivity contribution in [1.82, 2.24) is 14.8 Å². The highest BCUT2D eigenvalue weighted by molar-refractivity contribution is 5.80. The highest BCUT2D eigenvalue weighted by Gasteiger charge is 2.27. The number of pyridine rings is 1. The van der Waals surface area contributed by atoms with E-state index in [2.05, 4.69) is 16.9 Å². The second-order valence-electron chi connectivity index (χ2n) is 7.13. The Labute approximate surface area is 162 Å². The lowest BCUT2D eigenvalue weighted by molar-refractivity contribution is -0.134. The fraction of sp³-hybridized carbons (Fsp3) is 0.455. The Morgan fingerprint density at radius 2 is 2.00 bits per heavy atom. The predicted octanol–water partition coefficient (Wildman–Crippen LogP) is 3.15. The van der Waals surface area contributed by atoms with Crippen molar-refractivity contribution in [1.29, 1.82) is 0 Å². The molecular weight excluding hydrogens is 338 g/mol. The summed E-state index contributed by atoms with van der Waals surface area (Å²) in [6.07, 6.45) is 6.00. The van der Waals surface area contributed by atoms with E-state index in [0.717, 1.165) is 42.8 Å². The number of piperidine rings is 1. The Hall–Kier alpha value is -2.40. The molecule has 5 heteroatoms. The van der Waals surface area contributed by atoms with Crippen molar-refractivity contribution in [2.24, 2.45) is 0 Å². The van der Waals surface area contributed by atoms with Crippen molar-refractivity contribution in [2.75, 3.05) is 26.7 Å². The molecule has 1 saturated heterocycles. The van der Waals surface area contributed by atoms with Gasteiger partial charge >= 0.3 is 0 Å². The van der Waals surface area contributed by atoms with Gasteiger partial charge in [-0.05, 0) is 57.6 Å². The third kappa shape index (κ3) is 5.30. The lowest BCUT2D eigenvalue weighted by atomic mass is 10.0. The molecule has 1 aromatic heterocycles. The fourth-order valence-corrected chi connectivity index (χ4v) is 3.63. The van der Waals surface area contributed by atoms with Gasteiger partial charge in [-0.15, -0.1) is 0 Å². The van der Waals surface area contributed by atoms with Gasteiger partial charge in [-0.3, -0.25) is 9.78 Å². The number of amides is 1. The molecule has 144 valence electrons. The summed E-state index contributed by atoms with van der Waals surface area (Å²) in [5, 5.41) is 0. The first kappa shape index (κ1) is 19.4. The van der Waals surface area contributed by atoms with Crippen molar-refractivity contribution in [3.05, 3.63) is 59.9 Å². The third-order valence-electron chi connectivity index (χ3n) is 5.14. The first-order valence-corrected chi connectivity index (χ1v) is 9.75. The van der Waals surface area contributed by atoms with Crippen molar-refractivity contribution in [3.63, 3.8) is 0 Å². The van der Waals surface area contributed by atoms with Crippen LogP contribution in [0.25, 0.3) is 0 Å². The first-order valence-electron chi connectivity index (χ1n) is 9.75. The lowest BCUT2D eigenvalue weighted by Gasteiger charge is -2.37. The minimum atomic E-state index is 0.153. The number of para-hydroxylation sites is 1. The normalized spacial score (nSPS) is 15.5. The summed E-state index contributed by atoms with van der Waals surface area (Å²) in [5.74, 6) is 0.957. The molecule has 0 N–H and O–H groups in total. The van der Waals surface area contributed by atoms with Gasteiger partial charge < -0.3 is 14.5 Å². The quantitative estimate of drug-likeness (QED) is 0.754. The Kier molecular flexibility index (Phi) is 6.82. The molecule has 1 aliphatic rings. The minimum Gasteiger partial charge on any atom is -0.494 e. The standard InChI is InChI=1S/C22H29N3O2/c1-3-27-21-9-5-4-8-19(21)15-22(26)25(17-18-7-6-12-23-16-18)20-10-13-24(2)14-11-20/h4-9,12,16,20H,3,10-11,13-15,17H2,1-2H3. The molecule has 0 saturated carbocycles. The Morgan fingerprint density at radius 3 is 2.70 bits per heavy atom. The number of ether oxygens (including phenoxy) is 1. The molecule has 27 heavy (non-hydrogen) atoms. The predicted molar refractivity (Wildman–Crippen MR) is 107 cm³/mol. The summed E-state index contributed by atoms with van der Waals surface area (Å²) in [5.41, 5.74) is 2.02. The van der Waals surface area contributed by atoms with Crippen LogP contribution in [0.3, 0.4) is 0 Å². The molecule has 1 aliphatic heterocycles. The highest BCUT2D eigenvalue weighted by Crippen LogP contribution is 2.23. The number of benzene rings is 1. The van der Waals surface area contributed by atoms with Crippen LogP contribution in [0, 0.1) is 0 Å². The second-order valence-corrected chi connectivity index (χ2v) is 7.13. The molecule has 0 atom stereocenters. The fourth-order valence-electron chi connectivity index (χ4n) is 3.63.